The van der Waals surface area contributed by atoms with E-state index in [4.69, 9.17) is 10.5 Å². The number of aryl methyl sites for hydroxylation is 2. The third-order valence-corrected chi connectivity index (χ3v) is 2.45. The van der Waals surface area contributed by atoms with Gasteiger partial charge in [0.1, 0.15) is 0 Å². The Bertz CT molecular complexity index is 576. The smallest absolute Gasteiger partial charge is 0.322 e. The summed E-state index contributed by atoms with van der Waals surface area (Å²) >= 11 is 0. The highest BCUT2D eigenvalue weighted by molar-refractivity contribution is 5.58. The lowest BCUT2D eigenvalue weighted by atomic mass is 10.1. The number of anilines is 1. The highest BCUT2D eigenvalue weighted by atomic mass is 16.5. The minimum absolute atomic E-state index is 0.00565. The van der Waals surface area contributed by atoms with Gasteiger partial charge in [0, 0.05) is 5.56 Å². The topological polar surface area (TPSA) is 73.9 Å². The molecule has 2 N–H and O–H groups in total. The Kier molecular flexibility index (Phi) is 3.64. The van der Waals surface area contributed by atoms with Gasteiger partial charge in [0.2, 0.25) is 5.95 Å². The summed E-state index contributed by atoms with van der Waals surface area (Å²) in [5, 5.41) is 0. The lowest BCUT2D eigenvalue weighted by Gasteiger charge is -2.09. The SMILES string of the molecule is Cc1cc(C)cc(-c2nc(N)nc(OC(C)C)n2)c1. The number of benzene rings is 1. The van der Waals surface area contributed by atoms with Gasteiger partial charge in [-0.3, -0.25) is 0 Å². The first-order chi connectivity index (χ1) is 8.94. The number of nitrogen functional groups attached to an aromatic ring is 1. The molecule has 0 bridgehead atoms. The molecule has 0 saturated carbocycles. The summed E-state index contributed by atoms with van der Waals surface area (Å²) in [6, 6.07) is 6.39. The number of rotatable bonds is 3. The van der Waals surface area contributed by atoms with E-state index in [-0.39, 0.29) is 18.1 Å². The van der Waals surface area contributed by atoms with E-state index < -0.39 is 0 Å². The predicted octanol–water partition coefficient (Wildman–Crippen LogP) is 2.52. The van der Waals surface area contributed by atoms with E-state index in [2.05, 4.69) is 21.0 Å². The molecule has 0 aliphatic heterocycles. The van der Waals surface area contributed by atoms with Crippen LogP contribution in [0.4, 0.5) is 5.95 Å². The summed E-state index contributed by atoms with van der Waals surface area (Å²) in [5.74, 6) is 0.703. The second-order valence-corrected chi connectivity index (χ2v) is 4.84. The molecule has 0 atom stereocenters. The van der Waals surface area contributed by atoms with E-state index in [1.165, 1.54) is 0 Å². The van der Waals surface area contributed by atoms with E-state index in [9.17, 15) is 0 Å². The molecule has 0 spiro atoms. The van der Waals surface area contributed by atoms with Crippen LogP contribution < -0.4 is 10.5 Å². The molecule has 5 heteroatoms. The van der Waals surface area contributed by atoms with Crippen LogP contribution in [0.2, 0.25) is 0 Å². The van der Waals surface area contributed by atoms with Crippen molar-refractivity contribution in [3.8, 4) is 17.4 Å². The standard InChI is InChI=1S/C14H18N4O/c1-8(2)19-14-17-12(16-13(15)18-14)11-6-9(3)5-10(4)7-11/h5-8H,1-4H3,(H2,15,16,17,18). The van der Waals surface area contributed by atoms with Crippen molar-refractivity contribution >= 4 is 5.95 Å². The zero-order valence-electron chi connectivity index (χ0n) is 11.6. The van der Waals surface area contributed by atoms with Crippen molar-refractivity contribution in [1.29, 1.82) is 0 Å². The normalized spacial score (nSPS) is 10.8. The first-order valence-corrected chi connectivity index (χ1v) is 6.21. The van der Waals surface area contributed by atoms with Crippen molar-refractivity contribution in [2.24, 2.45) is 0 Å². The van der Waals surface area contributed by atoms with Crippen LogP contribution in [-0.2, 0) is 0 Å². The molecule has 0 radical (unpaired) electrons. The van der Waals surface area contributed by atoms with Crippen LogP contribution in [0.25, 0.3) is 11.4 Å². The first kappa shape index (κ1) is 13.3. The summed E-state index contributed by atoms with van der Waals surface area (Å²) in [5.41, 5.74) is 8.93. The Morgan fingerprint density at radius 2 is 1.63 bits per heavy atom. The van der Waals surface area contributed by atoms with Gasteiger partial charge in [-0.1, -0.05) is 17.2 Å². The predicted molar refractivity (Wildman–Crippen MR) is 74.9 cm³/mol. The van der Waals surface area contributed by atoms with Crippen LogP contribution in [0, 0.1) is 13.8 Å². The monoisotopic (exact) mass is 258 g/mol. The lowest BCUT2D eigenvalue weighted by molar-refractivity contribution is 0.222. The Morgan fingerprint density at radius 3 is 2.21 bits per heavy atom. The molecular formula is C14H18N4O. The highest BCUT2D eigenvalue weighted by Crippen LogP contribution is 2.21. The van der Waals surface area contributed by atoms with Gasteiger partial charge in [-0.05, 0) is 39.8 Å². The Morgan fingerprint density at radius 1 is 1.00 bits per heavy atom. The van der Waals surface area contributed by atoms with Crippen molar-refractivity contribution in [2.75, 3.05) is 5.73 Å². The second kappa shape index (κ2) is 5.22. The van der Waals surface area contributed by atoms with E-state index >= 15 is 0 Å². The van der Waals surface area contributed by atoms with Crippen molar-refractivity contribution in [2.45, 2.75) is 33.8 Å². The van der Waals surface area contributed by atoms with E-state index in [1.807, 2.05) is 39.8 Å². The van der Waals surface area contributed by atoms with Crippen LogP contribution in [0.15, 0.2) is 18.2 Å². The van der Waals surface area contributed by atoms with Gasteiger partial charge >= 0.3 is 6.01 Å². The molecule has 0 saturated heterocycles. The average molecular weight is 258 g/mol. The maximum absolute atomic E-state index is 5.71. The van der Waals surface area contributed by atoms with Crippen LogP contribution >= 0.6 is 0 Å². The average Bonchev–Trinajstić information content (AvgIpc) is 2.25. The molecule has 1 aromatic heterocycles. The van der Waals surface area contributed by atoms with Crippen LogP contribution in [0.1, 0.15) is 25.0 Å². The van der Waals surface area contributed by atoms with Crippen LogP contribution in [0.5, 0.6) is 6.01 Å². The minimum Gasteiger partial charge on any atom is -0.461 e. The van der Waals surface area contributed by atoms with Gasteiger partial charge in [0.05, 0.1) is 6.10 Å². The lowest BCUT2D eigenvalue weighted by Crippen LogP contribution is -2.11. The molecule has 0 amide bonds. The zero-order chi connectivity index (χ0) is 14.0. The summed E-state index contributed by atoms with van der Waals surface area (Å²) in [4.78, 5) is 12.4. The zero-order valence-corrected chi connectivity index (χ0v) is 11.6. The van der Waals surface area contributed by atoms with Gasteiger partial charge < -0.3 is 10.5 Å². The fourth-order valence-electron chi connectivity index (χ4n) is 1.87. The summed E-state index contributed by atoms with van der Waals surface area (Å²) in [7, 11) is 0. The molecule has 0 aliphatic rings. The first-order valence-electron chi connectivity index (χ1n) is 6.21. The molecule has 1 heterocycles. The van der Waals surface area contributed by atoms with Crippen molar-refractivity contribution in [3.63, 3.8) is 0 Å². The maximum Gasteiger partial charge on any atom is 0.322 e. The number of ether oxygens (including phenoxy) is 1. The summed E-state index contributed by atoms with van der Waals surface area (Å²) in [6.07, 6.45) is -0.00565. The largest absolute Gasteiger partial charge is 0.461 e. The van der Waals surface area contributed by atoms with Crippen molar-refractivity contribution in [3.05, 3.63) is 29.3 Å². The van der Waals surface area contributed by atoms with Crippen LogP contribution in [-0.4, -0.2) is 21.1 Å². The fourth-order valence-corrected chi connectivity index (χ4v) is 1.87. The molecule has 0 fully saturated rings. The molecule has 0 aliphatic carbocycles. The van der Waals surface area contributed by atoms with Crippen molar-refractivity contribution in [1.82, 2.24) is 15.0 Å². The molecule has 5 nitrogen and oxygen atoms in total. The van der Waals surface area contributed by atoms with Crippen molar-refractivity contribution < 1.29 is 4.74 Å². The third-order valence-electron chi connectivity index (χ3n) is 2.45. The Hall–Kier alpha value is -2.17. The summed E-state index contributed by atoms with van der Waals surface area (Å²) in [6.45, 7) is 7.89. The fraction of sp³-hybridized carbons (Fsp3) is 0.357. The minimum atomic E-state index is -0.00565. The van der Waals surface area contributed by atoms with Gasteiger partial charge in [-0.25, -0.2) is 0 Å². The Labute approximate surface area is 112 Å². The van der Waals surface area contributed by atoms with Gasteiger partial charge in [0.25, 0.3) is 0 Å². The molecule has 2 rings (SSSR count). The number of nitrogens with two attached hydrogens (primary N) is 1. The van der Waals surface area contributed by atoms with E-state index in [0.29, 0.717) is 5.82 Å². The third kappa shape index (κ3) is 3.40. The van der Waals surface area contributed by atoms with Gasteiger partial charge in [-0.2, -0.15) is 15.0 Å². The van der Waals surface area contributed by atoms with E-state index in [0.717, 1.165) is 16.7 Å². The second-order valence-electron chi connectivity index (χ2n) is 4.84. The molecule has 1 aromatic carbocycles. The van der Waals surface area contributed by atoms with Gasteiger partial charge in [-0.15, -0.1) is 0 Å². The number of hydrogen-bond donors (Lipinski definition) is 1. The van der Waals surface area contributed by atoms with E-state index in [1.54, 1.807) is 0 Å². The quantitative estimate of drug-likeness (QED) is 0.915. The van der Waals surface area contributed by atoms with Gasteiger partial charge in [0.15, 0.2) is 5.82 Å². The molecular weight excluding hydrogens is 240 g/mol. The molecule has 19 heavy (non-hydrogen) atoms. The number of aromatic nitrogens is 3. The van der Waals surface area contributed by atoms with Crippen LogP contribution in [0.3, 0.4) is 0 Å². The Balaban J connectivity index is 2.46. The highest BCUT2D eigenvalue weighted by Gasteiger charge is 2.09. The number of hydrogen-bond acceptors (Lipinski definition) is 5. The molecule has 2 aromatic rings. The molecule has 100 valence electrons. The maximum atomic E-state index is 5.71. The number of nitrogens with zero attached hydrogens (tertiary/aromatic N) is 3. The summed E-state index contributed by atoms with van der Waals surface area (Å²) < 4.78 is 5.48. The molecule has 0 unspecified atom stereocenters.